The molecule has 0 fully saturated rings. The Morgan fingerprint density at radius 1 is 1.83 bits per heavy atom. The summed E-state index contributed by atoms with van der Waals surface area (Å²) in [4.78, 5) is 9.09. The molecule has 0 spiro atoms. The van der Waals surface area contributed by atoms with Gasteiger partial charge in [-0.2, -0.15) is 0 Å². The quantitative estimate of drug-likeness (QED) is 0.288. The van der Waals surface area contributed by atoms with Crippen LogP contribution in [0.2, 0.25) is 0 Å². The Bertz CT molecular complexity index is 68.9. The summed E-state index contributed by atoms with van der Waals surface area (Å²) in [6.45, 7) is 1.27. The van der Waals surface area contributed by atoms with Crippen LogP contribution in [0, 0.1) is 0 Å². The van der Waals surface area contributed by atoms with Crippen molar-refractivity contribution in [1.29, 1.82) is 0 Å². The molecule has 0 aliphatic heterocycles. The SMILES string of the molecule is CC(O)=C=O.[Mn]. The second-order valence-corrected chi connectivity index (χ2v) is 0.687. The maximum atomic E-state index is 9.09. The Morgan fingerprint density at radius 2 is 2.00 bits per heavy atom. The molecule has 2 nitrogen and oxygen atoms in total. The third kappa shape index (κ3) is 9.23. The van der Waals surface area contributed by atoms with Crippen LogP contribution in [0.15, 0.2) is 5.76 Å². The van der Waals surface area contributed by atoms with Crippen molar-refractivity contribution in [2.24, 2.45) is 0 Å². The monoisotopic (exact) mass is 127 g/mol. The van der Waals surface area contributed by atoms with Crippen molar-refractivity contribution in [3.8, 4) is 0 Å². The van der Waals surface area contributed by atoms with E-state index in [4.69, 9.17) is 9.90 Å². The second kappa shape index (κ2) is 4.77. The first-order valence-electron chi connectivity index (χ1n) is 1.18. The molecule has 0 aliphatic rings. The molecule has 0 saturated carbocycles. The van der Waals surface area contributed by atoms with E-state index in [1.54, 1.807) is 0 Å². The smallest absolute Gasteiger partial charge is 0.173 e. The summed E-state index contributed by atoms with van der Waals surface area (Å²) in [5.41, 5.74) is 0. The predicted octanol–water partition coefficient (Wildman–Crippen LogP) is 0.277. The minimum atomic E-state index is -0.301. The minimum absolute atomic E-state index is 0. The van der Waals surface area contributed by atoms with Gasteiger partial charge >= 0.3 is 0 Å². The van der Waals surface area contributed by atoms with Crippen molar-refractivity contribution < 1.29 is 27.0 Å². The number of hydrogen-bond acceptors (Lipinski definition) is 2. The predicted molar refractivity (Wildman–Crippen MR) is 17.5 cm³/mol. The van der Waals surface area contributed by atoms with E-state index in [-0.39, 0.29) is 22.8 Å². The van der Waals surface area contributed by atoms with E-state index in [0.29, 0.717) is 0 Å². The third-order valence-electron chi connectivity index (χ3n) is 0.148. The fraction of sp³-hybridized carbons (Fsp3) is 0.333. The molecule has 0 rings (SSSR count). The summed E-state index contributed by atoms with van der Waals surface area (Å²) in [7, 11) is 0. The van der Waals surface area contributed by atoms with Gasteiger partial charge in [-0.15, -0.1) is 0 Å². The zero-order chi connectivity index (χ0) is 4.28. The topological polar surface area (TPSA) is 37.3 Å². The second-order valence-electron chi connectivity index (χ2n) is 0.687. The van der Waals surface area contributed by atoms with Crippen LogP contribution in [0.3, 0.4) is 0 Å². The molecule has 0 saturated heterocycles. The van der Waals surface area contributed by atoms with Crippen molar-refractivity contribution in [1.82, 2.24) is 0 Å². The molecule has 0 aromatic carbocycles. The molecule has 0 unspecified atom stereocenters. The molecule has 1 N–H and O–H groups in total. The van der Waals surface area contributed by atoms with Crippen LogP contribution in [0.25, 0.3) is 0 Å². The summed E-state index contributed by atoms with van der Waals surface area (Å²) in [5.74, 6) is 0.949. The van der Waals surface area contributed by atoms with E-state index in [9.17, 15) is 0 Å². The zero-order valence-corrected chi connectivity index (χ0v) is 4.41. The molecule has 0 aromatic rings. The number of carbonyl (C=O) groups excluding carboxylic acids is 1. The normalized spacial score (nSPS) is 4.83. The van der Waals surface area contributed by atoms with Gasteiger partial charge in [0.05, 0.1) is 0 Å². The van der Waals surface area contributed by atoms with Crippen molar-refractivity contribution in [3.05, 3.63) is 5.76 Å². The average molecular weight is 127 g/mol. The summed E-state index contributed by atoms with van der Waals surface area (Å²) in [5, 5.41) is 7.85. The van der Waals surface area contributed by atoms with Crippen LogP contribution < -0.4 is 0 Å². The number of aliphatic hydroxyl groups is 1. The Kier molecular flexibility index (Phi) is 7.34. The minimum Gasteiger partial charge on any atom is -0.502 e. The van der Waals surface area contributed by atoms with Gasteiger partial charge in [-0.3, -0.25) is 0 Å². The van der Waals surface area contributed by atoms with E-state index >= 15 is 0 Å². The summed E-state index contributed by atoms with van der Waals surface area (Å²) < 4.78 is 0. The molecule has 0 amide bonds. The van der Waals surface area contributed by atoms with Gasteiger partial charge in [-0.25, -0.2) is 4.79 Å². The molecule has 35 valence electrons. The largest absolute Gasteiger partial charge is 0.502 e. The van der Waals surface area contributed by atoms with E-state index in [0.717, 1.165) is 0 Å². The molecule has 3 heteroatoms. The van der Waals surface area contributed by atoms with Gasteiger partial charge in [0.2, 0.25) is 0 Å². The molecule has 6 heavy (non-hydrogen) atoms. The standard InChI is InChI=1S/C3H4O2.Mn/c1-3(5)2-4;/h5H,1H3;. The summed E-state index contributed by atoms with van der Waals surface area (Å²) in [6, 6.07) is 0. The maximum Gasteiger partial charge on any atom is 0.173 e. The van der Waals surface area contributed by atoms with Crippen LogP contribution in [0.5, 0.6) is 0 Å². The van der Waals surface area contributed by atoms with Gasteiger partial charge in [0, 0.05) is 24.0 Å². The van der Waals surface area contributed by atoms with E-state index in [1.807, 2.05) is 0 Å². The van der Waals surface area contributed by atoms with Gasteiger partial charge in [-0.1, -0.05) is 0 Å². The number of aliphatic hydroxyl groups excluding tert-OH is 1. The fourth-order valence-electron chi connectivity index (χ4n) is 0. The zero-order valence-electron chi connectivity index (χ0n) is 3.23. The Balaban J connectivity index is 0. The van der Waals surface area contributed by atoms with Crippen LogP contribution in [0.1, 0.15) is 6.92 Å². The van der Waals surface area contributed by atoms with Gasteiger partial charge in [0.1, 0.15) is 0 Å². The van der Waals surface area contributed by atoms with Crippen LogP contribution in [-0.4, -0.2) is 11.0 Å². The third-order valence-corrected chi connectivity index (χ3v) is 0.148. The fourth-order valence-corrected chi connectivity index (χ4v) is 0. The Labute approximate surface area is 46.3 Å². The van der Waals surface area contributed by atoms with Gasteiger partial charge in [0.15, 0.2) is 11.7 Å². The molecule has 0 aromatic heterocycles. The van der Waals surface area contributed by atoms with E-state index in [1.165, 1.54) is 12.9 Å². The molecule has 0 heterocycles. The first kappa shape index (κ1) is 9.24. The van der Waals surface area contributed by atoms with Crippen LogP contribution >= 0.6 is 0 Å². The van der Waals surface area contributed by atoms with Gasteiger partial charge in [0.25, 0.3) is 0 Å². The first-order chi connectivity index (χ1) is 2.27. The van der Waals surface area contributed by atoms with Gasteiger partial charge < -0.3 is 5.11 Å². The van der Waals surface area contributed by atoms with E-state index in [2.05, 4.69) is 0 Å². The van der Waals surface area contributed by atoms with Crippen molar-refractivity contribution in [2.75, 3.05) is 0 Å². The number of hydrogen-bond donors (Lipinski definition) is 1. The van der Waals surface area contributed by atoms with Gasteiger partial charge in [-0.05, 0) is 0 Å². The van der Waals surface area contributed by atoms with Crippen LogP contribution in [0.4, 0.5) is 0 Å². The molecule has 1 radical (unpaired) electrons. The molecular weight excluding hydrogens is 123 g/mol. The molecular formula is C3H4MnO2. The Morgan fingerprint density at radius 3 is 2.00 bits per heavy atom. The summed E-state index contributed by atoms with van der Waals surface area (Å²) >= 11 is 0. The number of rotatable bonds is 0. The van der Waals surface area contributed by atoms with Crippen LogP contribution in [-0.2, 0) is 21.9 Å². The molecule has 0 aliphatic carbocycles. The molecule has 0 bridgehead atoms. The maximum absolute atomic E-state index is 9.09. The summed E-state index contributed by atoms with van der Waals surface area (Å²) in [6.07, 6.45) is 0. The molecule has 0 atom stereocenters. The van der Waals surface area contributed by atoms with Crippen molar-refractivity contribution in [2.45, 2.75) is 6.92 Å². The van der Waals surface area contributed by atoms with Crippen molar-refractivity contribution in [3.63, 3.8) is 0 Å². The first-order valence-corrected chi connectivity index (χ1v) is 1.18. The van der Waals surface area contributed by atoms with Crippen molar-refractivity contribution >= 4 is 5.94 Å². The Hall–Kier alpha value is -0.231. The average Bonchev–Trinajstić information content (AvgIpc) is 1.38. The number of allylic oxidation sites excluding steroid dienone is 1. The van der Waals surface area contributed by atoms with E-state index < -0.39 is 0 Å².